The molecule has 0 saturated heterocycles. The van der Waals surface area contributed by atoms with E-state index in [-0.39, 0.29) is 11.4 Å². The molecule has 0 radical (unpaired) electrons. The van der Waals surface area contributed by atoms with E-state index in [0.29, 0.717) is 5.76 Å². The number of hydrogen-bond donors (Lipinski definition) is 2. The molecule has 1 aromatic carbocycles. The average Bonchev–Trinajstić information content (AvgIpc) is 2.98. The fourth-order valence-corrected chi connectivity index (χ4v) is 3.02. The summed E-state index contributed by atoms with van der Waals surface area (Å²) in [6.45, 7) is 3.57. The molecule has 0 bridgehead atoms. The highest BCUT2D eigenvalue weighted by atomic mass is 32.2. The van der Waals surface area contributed by atoms with Crippen LogP contribution < -0.4 is 10.0 Å². The van der Waals surface area contributed by atoms with Crippen LogP contribution in [0.25, 0.3) is 0 Å². The van der Waals surface area contributed by atoms with Crippen LogP contribution >= 0.6 is 0 Å². The van der Waals surface area contributed by atoms with Crippen molar-refractivity contribution in [3.63, 3.8) is 0 Å². The van der Waals surface area contributed by atoms with Crippen LogP contribution in [-0.4, -0.2) is 20.4 Å². The van der Waals surface area contributed by atoms with E-state index >= 15 is 0 Å². The molecule has 6 nitrogen and oxygen atoms in total. The van der Waals surface area contributed by atoms with Gasteiger partial charge < -0.3 is 9.73 Å². The van der Waals surface area contributed by atoms with Gasteiger partial charge in [0.05, 0.1) is 23.7 Å². The van der Waals surface area contributed by atoms with Gasteiger partial charge in [0.2, 0.25) is 15.9 Å². The molecule has 0 aliphatic heterocycles. The van der Waals surface area contributed by atoms with Crippen LogP contribution in [0.4, 0.5) is 0 Å². The predicted octanol–water partition coefficient (Wildman–Crippen LogP) is 1.57. The monoisotopic (exact) mass is 322 g/mol. The topological polar surface area (TPSA) is 88.4 Å². The zero-order valence-electron chi connectivity index (χ0n) is 12.4. The SMILES string of the molecule is Cc1ccc(S(=O)(=O)N[C@@H](C)C(=O)NCc2ccco2)cc1. The molecule has 22 heavy (non-hydrogen) atoms. The third-order valence-electron chi connectivity index (χ3n) is 3.07. The lowest BCUT2D eigenvalue weighted by molar-refractivity contribution is -0.122. The standard InChI is InChI=1S/C15H18N2O4S/c1-11-5-7-14(8-6-11)22(19,20)17-12(2)15(18)16-10-13-4-3-9-21-13/h3-9,12,17H,10H2,1-2H3,(H,16,18)/t12-/m0/s1. The first-order chi connectivity index (χ1) is 10.4. The molecule has 0 aliphatic rings. The molecular formula is C15H18N2O4S. The zero-order chi connectivity index (χ0) is 16.2. The summed E-state index contributed by atoms with van der Waals surface area (Å²) >= 11 is 0. The number of furan rings is 1. The zero-order valence-corrected chi connectivity index (χ0v) is 13.2. The lowest BCUT2D eigenvalue weighted by Gasteiger charge is -2.14. The normalized spacial score (nSPS) is 12.8. The van der Waals surface area contributed by atoms with Crippen LogP contribution in [0.15, 0.2) is 52.0 Å². The minimum atomic E-state index is -3.73. The summed E-state index contributed by atoms with van der Waals surface area (Å²) in [4.78, 5) is 12.1. The van der Waals surface area contributed by atoms with E-state index in [1.165, 1.54) is 25.3 Å². The molecule has 2 aromatic rings. The first-order valence-corrected chi connectivity index (χ1v) is 8.26. The number of benzene rings is 1. The van der Waals surface area contributed by atoms with Crippen LogP contribution in [-0.2, 0) is 21.4 Å². The molecule has 2 N–H and O–H groups in total. The number of aryl methyl sites for hydroxylation is 1. The smallest absolute Gasteiger partial charge is 0.241 e. The van der Waals surface area contributed by atoms with Gasteiger partial charge in [-0.1, -0.05) is 17.7 Å². The lowest BCUT2D eigenvalue weighted by atomic mass is 10.2. The van der Waals surface area contributed by atoms with Gasteiger partial charge in [0, 0.05) is 0 Å². The fourth-order valence-electron chi connectivity index (χ4n) is 1.81. The maximum atomic E-state index is 12.2. The number of sulfonamides is 1. The van der Waals surface area contributed by atoms with E-state index in [1.807, 2.05) is 6.92 Å². The molecule has 0 spiro atoms. The molecule has 1 atom stereocenters. The van der Waals surface area contributed by atoms with Gasteiger partial charge in [0.15, 0.2) is 0 Å². The average molecular weight is 322 g/mol. The second-order valence-electron chi connectivity index (χ2n) is 4.95. The minimum absolute atomic E-state index is 0.129. The van der Waals surface area contributed by atoms with Crippen LogP contribution in [0.1, 0.15) is 18.2 Å². The van der Waals surface area contributed by atoms with Crippen molar-refractivity contribution in [2.24, 2.45) is 0 Å². The molecule has 1 amide bonds. The van der Waals surface area contributed by atoms with Gasteiger partial charge in [-0.15, -0.1) is 0 Å². The van der Waals surface area contributed by atoms with E-state index in [2.05, 4.69) is 10.0 Å². The second kappa shape index (κ2) is 6.76. The molecule has 118 valence electrons. The summed E-state index contributed by atoms with van der Waals surface area (Å²) in [6, 6.07) is 8.97. The Morgan fingerprint density at radius 3 is 2.50 bits per heavy atom. The van der Waals surface area contributed by atoms with E-state index in [4.69, 9.17) is 4.42 Å². The first kappa shape index (κ1) is 16.3. The number of carbonyl (C=O) groups excluding carboxylic acids is 1. The van der Waals surface area contributed by atoms with Crippen LogP contribution in [0.2, 0.25) is 0 Å². The number of rotatable bonds is 6. The highest BCUT2D eigenvalue weighted by molar-refractivity contribution is 7.89. The Hall–Kier alpha value is -2.12. The van der Waals surface area contributed by atoms with Gasteiger partial charge >= 0.3 is 0 Å². The number of hydrogen-bond acceptors (Lipinski definition) is 4. The molecule has 1 aromatic heterocycles. The fraction of sp³-hybridized carbons (Fsp3) is 0.267. The van der Waals surface area contributed by atoms with E-state index in [9.17, 15) is 13.2 Å². The maximum absolute atomic E-state index is 12.2. The summed E-state index contributed by atoms with van der Waals surface area (Å²) < 4.78 is 31.8. The van der Waals surface area contributed by atoms with Crippen LogP contribution in [0.5, 0.6) is 0 Å². The van der Waals surface area contributed by atoms with Gasteiger partial charge in [0.1, 0.15) is 5.76 Å². The van der Waals surface area contributed by atoms with Crippen molar-refractivity contribution in [2.75, 3.05) is 0 Å². The number of amides is 1. The van der Waals surface area contributed by atoms with Gasteiger partial charge in [0.25, 0.3) is 0 Å². The molecule has 0 aliphatic carbocycles. The molecule has 0 unspecified atom stereocenters. The van der Waals surface area contributed by atoms with Gasteiger partial charge in [-0.2, -0.15) is 4.72 Å². The highest BCUT2D eigenvalue weighted by Crippen LogP contribution is 2.10. The summed E-state index contributed by atoms with van der Waals surface area (Å²) in [5.41, 5.74) is 0.961. The molecule has 1 heterocycles. The predicted molar refractivity (Wildman–Crippen MR) is 81.5 cm³/mol. The van der Waals surface area contributed by atoms with Gasteiger partial charge in [-0.25, -0.2) is 8.42 Å². The van der Waals surface area contributed by atoms with Crippen molar-refractivity contribution in [1.29, 1.82) is 0 Å². The van der Waals surface area contributed by atoms with Gasteiger partial charge in [-0.3, -0.25) is 4.79 Å². The number of carbonyl (C=O) groups is 1. The summed E-state index contributed by atoms with van der Waals surface area (Å²) in [5, 5.41) is 2.61. The maximum Gasteiger partial charge on any atom is 0.241 e. The van der Waals surface area contributed by atoms with Gasteiger partial charge in [-0.05, 0) is 38.1 Å². The van der Waals surface area contributed by atoms with Crippen molar-refractivity contribution >= 4 is 15.9 Å². The third kappa shape index (κ3) is 4.19. The highest BCUT2D eigenvalue weighted by Gasteiger charge is 2.21. The summed E-state index contributed by atoms with van der Waals surface area (Å²) in [6.07, 6.45) is 1.50. The van der Waals surface area contributed by atoms with Crippen molar-refractivity contribution in [2.45, 2.75) is 31.3 Å². The quantitative estimate of drug-likeness (QED) is 0.845. The lowest BCUT2D eigenvalue weighted by Crippen LogP contribution is -2.44. The van der Waals surface area contributed by atoms with E-state index in [0.717, 1.165) is 5.56 Å². The Bertz CT molecular complexity index is 721. The second-order valence-corrected chi connectivity index (χ2v) is 6.67. The van der Waals surface area contributed by atoms with E-state index < -0.39 is 22.0 Å². The molecule has 2 rings (SSSR count). The Morgan fingerprint density at radius 2 is 1.91 bits per heavy atom. The third-order valence-corrected chi connectivity index (χ3v) is 4.63. The summed E-state index contributed by atoms with van der Waals surface area (Å²) in [7, 11) is -3.73. The Kier molecular flexibility index (Phi) is 4.99. The Balaban J connectivity index is 1.96. The van der Waals surface area contributed by atoms with Crippen LogP contribution in [0, 0.1) is 6.92 Å². The number of nitrogens with one attached hydrogen (secondary N) is 2. The van der Waals surface area contributed by atoms with Crippen molar-refractivity contribution < 1.29 is 17.6 Å². The molecule has 7 heteroatoms. The van der Waals surface area contributed by atoms with Crippen molar-refractivity contribution in [3.05, 3.63) is 54.0 Å². The molecular weight excluding hydrogens is 304 g/mol. The largest absolute Gasteiger partial charge is 0.467 e. The van der Waals surface area contributed by atoms with Crippen LogP contribution in [0.3, 0.4) is 0 Å². The first-order valence-electron chi connectivity index (χ1n) is 6.77. The molecule has 0 fully saturated rings. The Labute approximate surface area is 129 Å². The summed E-state index contributed by atoms with van der Waals surface area (Å²) in [5.74, 6) is 0.175. The van der Waals surface area contributed by atoms with E-state index in [1.54, 1.807) is 24.3 Å². The molecule has 0 saturated carbocycles. The Morgan fingerprint density at radius 1 is 1.23 bits per heavy atom. The van der Waals surface area contributed by atoms with Crippen molar-refractivity contribution in [1.82, 2.24) is 10.0 Å². The van der Waals surface area contributed by atoms with Crippen molar-refractivity contribution in [3.8, 4) is 0 Å². The minimum Gasteiger partial charge on any atom is -0.467 e.